The third-order valence-corrected chi connectivity index (χ3v) is 2.01. The summed E-state index contributed by atoms with van der Waals surface area (Å²) in [4.78, 5) is 6.00. The molecular weight excluding hydrogens is 180 g/mol. The van der Waals surface area contributed by atoms with Gasteiger partial charge in [-0.2, -0.15) is 0 Å². The summed E-state index contributed by atoms with van der Waals surface area (Å²) in [5.74, 6) is 0.789. The zero-order chi connectivity index (χ0) is 10.4. The lowest BCUT2D eigenvalue weighted by molar-refractivity contribution is 0.216. The standard InChI is InChI=1S/C10H16N2O2/c1-12(5-6-13)8-9-3-4-11-7-10(9)14-2/h3-4,7,13H,5-6,8H2,1-2H3. The Morgan fingerprint density at radius 1 is 1.57 bits per heavy atom. The van der Waals surface area contributed by atoms with Crippen molar-refractivity contribution in [3.63, 3.8) is 0 Å². The van der Waals surface area contributed by atoms with Crippen LogP contribution in [0.25, 0.3) is 0 Å². The van der Waals surface area contributed by atoms with Gasteiger partial charge < -0.3 is 9.84 Å². The highest BCUT2D eigenvalue weighted by Crippen LogP contribution is 2.16. The van der Waals surface area contributed by atoms with Crippen LogP contribution in [0, 0.1) is 0 Å². The molecule has 0 atom stereocenters. The second-order valence-electron chi connectivity index (χ2n) is 3.15. The molecule has 4 heteroatoms. The Labute approximate surface area is 84.1 Å². The van der Waals surface area contributed by atoms with Crippen molar-refractivity contribution in [3.8, 4) is 5.75 Å². The smallest absolute Gasteiger partial charge is 0.141 e. The third-order valence-electron chi connectivity index (χ3n) is 2.01. The van der Waals surface area contributed by atoms with Gasteiger partial charge in [-0.25, -0.2) is 0 Å². The van der Waals surface area contributed by atoms with Crippen molar-refractivity contribution in [2.75, 3.05) is 27.3 Å². The Bertz CT molecular complexity index is 279. The minimum atomic E-state index is 0.171. The van der Waals surface area contributed by atoms with Crippen LogP contribution < -0.4 is 4.74 Å². The molecule has 0 aliphatic rings. The molecule has 0 fully saturated rings. The Morgan fingerprint density at radius 2 is 2.36 bits per heavy atom. The highest BCUT2D eigenvalue weighted by molar-refractivity contribution is 5.29. The van der Waals surface area contributed by atoms with E-state index in [0.717, 1.165) is 17.9 Å². The molecule has 0 bridgehead atoms. The maximum atomic E-state index is 8.76. The van der Waals surface area contributed by atoms with Crippen LogP contribution in [0.15, 0.2) is 18.5 Å². The highest BCUT2D eigenvalue weighted by atomic mass is 16.5. The topological polar surface area (TPSA) is 45.6 Å². The molecule has 1 aromatic heterocycles. The lowest BCUT2D eigenvalue weighted by Crippen LogP contribution is -2.21. The number of ether oxygens (including phenoxy) is 1. The van der Waals surface area contributed by atoms with Gasteiger partial charge in [0.25, 0.3) is 0 Å². The number of hydrogen-bond acceptors (Lipinski definition) is 4. The van der Waals surface area contributed by atoms with Crippen LogP contribution in [0.1, 0.15) is 5.56 Å². The number of likely N-dealkylation sites (N-methyl/N-ethyl adjacent to an activating group) is 1. The van der Waals surface area contributed by atoms with Crippen LogP contribution in [0.2, 0.25) is 0 Å². The van der Waals surface area contributed by atoms with Gasteiger partial charge in [0.1, 0.15) is 5.75 Å². The fourth-order valence-corrected chi connectivity index (χ4v) is 1.26. The van der Waals surface area contributed by atoms with E-state index in [1.807, 2.05) is 18.0 Å². The minimum absolute atomic E-state index is 0.171. The summed E-state index contributed by atoms with van der Waals surface area (Å²) in [5, 5.41) is 8.76. The highest BCUT2D eigenvalue weighted by Gasteiger charge is 2.04. The van der Waals surface area contributed by atoms with E-state index in [1.165, 1.54) is 0 Å². The van der Waals surface area contributed by atoms with Crippen molar-refractivity contribution >= 4 is 0 Å². The van der Waals surface area contributed by atoms with Gasteiger partial charge in [0.05, 0.1) is 19.9 Å². The minimum Gasteiger partial charge on any atom is -0.495 e. The predicted octanol–water partition coefficient (Wildman–Crippen LogP) is 0.514. The molecular formula is C10H16N2O2. The van der Waals surface area contributed by atoms with Crippen molar-refractivity contribution in [3.05, 3.63) is 24.0 Å². The quantitative estimate of drug-likeness (QED) is 0.745. The van der Waals surface area contributed by atoms with E-state index in [9.17, 15) is 0 Å². The number of aromatic nitrogens is 1. The Balaban J connectivity index is 2.65. The summed E-state index contributed by atoms with van der Waals surface area (Å²) in [6.45, 7) is 1.58. The molecule has 0 radical (unpaired) electrons. The van der Waals surface area contributed by atoms with E-state index in [-0.39, 0.29) is 6.61 Å². The average molecular weight is 196 g/mol. The molecule has 14 heavy (non-hydrogen) atoms. The fourth-order valence-electron chi connectivity index (χ4n) is 1.26. The van der Waals surface area contributed by atoms with Crippen LogP contribution in [0.4, 0.5) is 0 Å². The lowest BCUT2D eigenvalue weighted by atomic mass is 10.2. The van der Waals surface area contributed by atoms with Crippen LogP contribution in [-0.4, -0.2) is 42.3 Å². The SMILES string of the molecule is COc1cnccc1CN(C)CCO. The van der Waals surface area contributed by atoms with Crippen molar-refractivity contribution < 1.29 is 9.84 Å². The summed E-state index contributed by atoms with van der Waals surface area (Å²) in [7, 11) is 3.59. The molecule has 0 aliphatic heterocycles. The molecule has 0 spiro atoms. The summed E-state index contributed by atoms with van der Waals surface area (Å²) in [6, 6.07) is 1.92. The van der Waals surface area contributed by atoms with E-state index in [1.54, 1.807) is 19.5 Å². The van der Waals surface area contributed by atoms with Crippen LogP contribution in [0.3, 0.4) is 0 Å². The third kappa shape index (κ3) is 2.97. The number of rotatable bonds is 5. The predicted molar refractivity (Wildman–Crippen MR) is 54.2 cm³/mol. The Morgan fingerprint density at radius 3 is 3.00 bits per heavy atom. The first-order chi connectivity index (χ1) is 6.77. The van der Waals surface area contributed by atoms with Gasteiger partial charge >= 0.3 is 0 Å². The maximum Gasteiger partial charge on any atom is 0.141 e. The first-order valence-corrected chi connectivity index (χ1v) is 4.54. The fraction of sp³-hybridized carbons (Fsp3) is 0.500. The second-order valence-corrected chi connectivity index (χ2v) is 3.15. The number of aliphatic hydroxyl groups is 1. The number of hydrogen-bond donors (Lipinski definition) is 1. The molecule has 1 aromatic rings. The second kappa shape index (κ2) is 5.57. The van der Waals surface area contributed by atoms with Gasteiger partial charge in [0.15, 0.2) is 0 Å². The zero-order valence-electron chi connectivity index (χ0n) is 8.60. The number of nitrogens with zero attached hydrogens (tertiary/aromatic N) is 2. The average Bonchev–Trinajstić information content (AvgIpc) is 2.19. The molecule has 0 saturated carbocycles. The van der Waals surface area contributed by atoms with Gasteiger partial charge in [-0.15, -0.1) is 0 Å². The van der Waals surface area contributed by atoms with Gasteiger partial charge in [0, 0.05) is 24.8 Å². The normalized spacial score (nSPS) is 10.6. The largest absolute Gasteiger partial charge is 0.495 e. The van der Waals surface area contributed by atoms with Gasteiger partial charge in [-0.05, 0) is 13.1 Å². The van der Waals surface area contributed by atoms with E-state index >= 15 is 0 Å². The molecule has 0 saturated heterocycles. The molecule has 1 heterocycles. The van der Waals surface area contributed by atoms with Crippen LogP contribution in [-0.2, 0) is 6.54 Å². The molecule has 0 aliphatic carbocycles. The van der Waals surface area contributed by atoms with E-state index in [0.29, 0.717) is 6.54 Å². The Kier molecular flexibility index (Phi) is 4.35. The van der Waals surface area contributed by atoms with Gasteiger partial charge in [0.2, 0.25) is 0 Å². The maximum absolute atomic E-state index is 8.76. The first kappa shape index (κ1) is 10.9. The number of aliphatic hydroxyl groups excluding tert-OH is 1. The molecule has 4 nitrogen and oxygen atoms in total. The molecule has 1 N–H and O–H groups in total. The summed E-state index contributed by atoms with van der Waals surface area (Å²) >= 11 is 0. The number of pyridine rings is 1. The first-order valence-electron chi connectivity index (χ1n) is 4.54. The van der Waals surface area contributed by atoms with Crippen molar-refractivity contribution in [1.82, 2.24) is 9.88 Å². The van der Waals surface area contributed by atoms with E-state index in [2.05, 4.69) is 4.98 Å². The zero-order valence-corrected chi connectivity index (χ0v) is 8.60. The monoisotopic (exact) mass is 196 g/mol. The van der Waals surface area contributed by atoms with Gasteiger partial charge in [-0.1, -0.05) is 0 Å². The van der Waals surface area contributed by atoms with Crippen LogP contribution in [0.5, 0.6) is 5.75 Å². The Hall–Kier alpha value is -1.13. The molecule has 0 unspecified atom stereocenters. The van der Waals surface area contributed by atoms with E-state index < -0.39 is 0 Å². The molecule has 0 amide bonds. The van der Waals surface area contributed by atoms with E-state index in [4.69, 9.17) is 9.84 Å². The van der Waals surface area contributed by atoms with Crippen molar-refractivity contribution in [2.45, 2.75) is 6.54 Å². The summed E-state index contributed by atoms with van der Waals surface area (Å²) in [6.07, 6.45) is 3.44. The van der Waals surface area contributed by atoms with Crippen LogP contribution >= 0.6 is 0 Å². The number of methoxy groups -OCH3 is 1. The van der Waals surface area contributed by atoms with Crippen molar-refractivity contribution in [1.29, 1.82) is 0 Å². The lowest BCUT2D eigenvalue weighted by Gasteiger charge is -2.16. The molecule has 78 valence electrons. The summed E-state index contributed by atoms with van der Waals surface area (Å²) in [5.41, 5.74) is 1.08. The molecule has 1 rings (SSSR count). The van der Waals surface area contributed by atoms with Gasteiger partial charge in [-0.3, -0.25) is 9.88 Å². The summed E-state index contributed by atoms with van der Waals surface area (Å²) < 4.78 is 5.17. The molecule has 0 aromatic carbocycles. The van der Waals surface area contributed by atoms with Crippen molar-refractivity contribution in [2.24, 2.45) is 0 Å².